The lowest BCUT2D eigenvalue weighted by Crippen LogP contribution is -2.43. The molecule has 0 saturated heterocycles. The van der Waals surface area contributed by atoms with Crippen molar-refractivity contribution in [2.45, 2.75) is 51.1 Å². The van der Waals surface area contributed by atoms with Crippen molar-refractivity contribution in [3.05, 3.63) is 58.6 Å². The zero-order valence-electron chi connectivity index (χ0n) is 19.4. The number of anilines is 1. The fraction of sp³-hybridized carbons (Fsp3) is 0.391. The summed E-state index contributed by atoms with van der Waals surface area (Å²) in [5.41, 5.74) is 4.86. The Morgan fingerprint density at radius 3 is 2.45 bits per heavy atom. The van der Waals surface area contributed by atoms with E-state index in [0.29, 0.717) is 35.2 Å². The van der Waals surface area contributed by atoms with Crippen LogP contribution in [-0.2, 0) is 20.2 Å². The largest absolute Gasteiger partial charge is 0.355 e. The van der Waals surface area contributed by atoms with Crippen LogP contribution in [-0.4, -0.2) is 44.3 Å². The molecule has 0 spiro atoms. The summed E-state index contributed by atoms with van der Waals surface area (Å²) < 4.78 is 29.0. The van der Waals surface area contributed by atoms with Crippen LogP contribution >= 0.6 is 11.6 Å². The molecule has 3 rings (SSSR count). The highest BCUT2D eigenvalue weighted by Crippen LogP contribution is 2.28. The maximum Gasteiger partial charge on any atom is 0.261 e. The molecule has 178 valence electrons. The van der Waals surface area contributed by atoms with Gasteiger partial charge in [-0.15, -0.1) is 0 Å². The Balaban J connectivity index is 1.90. The van der Waals surface area contributed by atoms with Crippen molar-refractivity contribution in [1.82, 2.24) is 15.6 Å². The number of carbonyl (C=O) groups is 1. The number of carbonyl (C=O) groups excluding carboxylic acids is 1. The molecule has 0 aromatic heterocycles. The summed E-state index contributed by atoms with van der Waals surface area (Å²) in [4.78, 5) is 13.4. The number of amidine groups is 1. The topological polar surface area (TPSA) is 103 Å². The second kappa shape index (κ2) is 9.61. The molecule has 2 aromatic carbocycles. The van der Waals surface area contributed by atoms with E-state index in [0.717, 1.165) is 5.56 Å². The van der Waals surface area contributed by atoms with Crippen molar-refractivity contribution in [2.75, 3.05) is 17.8 Å². The van der Waals surface area contributed by atoms with Crippen LogP contribution in [0.4, 0.5) is 5.69 Å². The Labute approximate surface area is 200 Å². The third-order valence-electron chi connectivity index (χ3n) is 5.32. The highest BCUT2D eigenvalue weighted by atomic mass is 35.5. The lowest BCUT2D eigenvalue weighted by molar-refractivity contribution is -0.119. The minimum Gasteiger partial charge on any atom is -0.355 e. The number of amides is 1. The highest BCUT2D eigenvalue weighted by molar-refractivity contribution is 7.92. The zero-order valence-corrected chi connectivity index (χ0v) is 21.0. The van der Waals surface area contributed by atoms with E-state index in [1.165, 1.54) is 6.92 Å². The third-order valence-corrected chi connectivity index (χ3v) is 6.94. The number of sulfonamides is 1. The third kappa shape index (κ3) is 5.97. The Hall–Kier alpha value is -2.78. The summed E-state index contributed by atoms with van der Waals surface area (Å²) >= 11 is 6.25. The standard InChI is InChI=1S/C23H30ClN5O3S/c1-15-26-27-22(29(15)13-12-25-16(2)30)20-14-18(24)8-11-21(20)28-33(31,32)19-9-6-17(7-10-19)23(3,4)5/h6-11,14-15,26,28H,12-13H2,1-5H3,(H,25,30). The predicted molar refractivity (Wildman–Crippen MR) is 132 cm³/mol. The van der Waals surface area contributed by atoms with Crippen LogP contribution in [0, 0.1) is 0 Å². The molecule has 0 fully saturated rings. The predicted octanol–water partition coefficient (Wildman–Crippen LogP) is 3.49. The first-order valence-electron chi connectivity index (χ1n) is 10.7. The van der Waals surface area contributed by atoms with Crippen molar-refractivity contribution in [3.8, 4) is 0 Å². The van der Waals surface area contributed by atoms with E-state index < -0.39 is 10.0 Å². The van der Waals surface area contributed by atoms with Gasteiger partial charge in [-0.3, -0.25) is 14.9 Å². The molecule has 2 aromatic rings. The lowest BCUT2D eigenvalue weighted by atomic mass is 9.87. The first-order chi connectivity index (χ1) is 15.4. The summed E-state index contributed by atoms with van der Waals surface area (Å²) in [6.45, 7) is 10.5. The SMILES string of the molecule is CC(=O)NCCN1C(c2cc(Cl)ccc2NS(=O)(=O)c2ccc(C(C)(C)C)cc2)=NNC1C. The zero-order chi connectivity index (χ0) is 24.4. The summed E-state index contributed by atoms with van der Waals surface area (Å²) in [7, 11) is -3.84. The molecule has 0 bridgehead atoms. The Kier molecular flexibility index (Phi) is 7.23. The van der Waals surface area contributed by atoms with Crippen LogP contribution in [0.5, 0.6) is 0 Å². The fourth-order valence-electron chi connectivity index (χ4n) is 3.47. The van der Waals surface area contributed by atoms with E-state index in [-0.39, 0.29) is 22.4 Å². The summed E-state index contributed by atoms with van der Waals surface area (Å²) in [5.74, 6) is 0.415. The van der Waals surface area contributed by atoms with Gasteiger partial charge in [-0.2, -0.15) is 5.10 Å². The van der Waals surface area contributed by atoms with Crippen molar-refractivity contribution in [2.24, 2.45) is 5.10 Å². The number of hydrogen-bond acceptors (Lipinski definition) is 6. The molecule has 0 radical (unpaired) electrons. The fourth-order valence-corrected chi connectivity index (χ4v) is 4.72. The molecule has 1 aliphatic rings. The molecule has 1 unspecified atom stereocenters. The molecular formula is C23H30ClN5O3S. The van der Waals surface area contributed by atoms with Gasteiger partial charge in [-0.25, -0.2) is 8.42 Å². The molecule has 3 N–H and O–H groups in total. The van der Waals surface area contributed by atoms with Crippen LogP contribution < -0.4 is 15.5 Å². The minimum absolute atomic E-state index is 0.0793. The highest BCUT2D eigenvalue weighted by Gasteiger charge is 2.28. The van der Waals surface area contributed by atoms with Crippen molar-refractivity contribution < 1.29 is 13.2 Å². The lowest BCUT2D eigenvalue weighted by Gasteiger charge is -2.26. The van der Waals surface area contributed by atoms with E-state index >= 15 is 0 Å². The first-order valence-corrected chi connectivity index (χ1v) is 12.5. The van der Waals surface area contributed by atoms with Crippen LogP contribution in [0.25, 0.3) is 0 Å². The average molecular weight is 492 g/mol. The number of hydrazone groups is 1. The number of benzene rings is 2. The summed E-state index contributed by atoms with van der Waals surface area (Å²) in [6, 6.07) is 11.8. The van der Waals surface area contributed by atoms with Crippen LogP contribution in [0.2, 0.25) is 5.02 Å². The molecule has 10 heteroatoms. The average Bonchev–Trinajstić information content (AvgIpc) is 3.09. The first kappa shape index (κ1) is 24.9. The van der Waals surface area contributed by atoms with Gasteiger partial charge in [-0.05, 0) is 48.2 Å². The number of hydrogen-bond donors (Lipinski definition) is 3. The number of rotatable bonds is 7. The van der Waals surface area contributed by atoms with E-state index in [1.807, 2.05) is 24.0 Å². The van der Waals surface area contributed by atoms with Gasteiger partial charge in [0.25, 0.3) is 10.0 Å². The second-order valence-corrected chi connectivity index (χ2v) is 11.1. The van der Waals surface area contributed by atoms with Gasteiger partial charge in [0.2, 0.25) is 5.91 Å². The van der Waals surface area contributed by atoms with Gasteiger partial charge < -0.3 is 10.2 Å². The van der Waals surface area contributed by atoms with E-state index in [4.69, 9.17) is 11.6 Å². The van der Waals surface area contributed by atoms with Gasteiger partial charge >= 0.3 is 0 Å². The summed E-state index contributed by atoms with van der Waals surface area (Å²) in [5, 5.41) is 7.61. The van der Waals surface area contributed by atoms with E-state index in [9.17, 15) is 13.2 Å². The Morgan fingerprint density at radius 1 is 1.18 bits per heavy atom. The van der Waals surface area contributed by atoms with Crippen LogP contribution in [0.3, 0.4) is 0 Å². The van der Waals surface area contributed by atoms with Gasteiger partial charge in [0, 0.05) is 30.6 Å². The minimum atomic E-state index is -3.84. The molecule has 1 amide bonds. The van der Waals surface area contributed by atoms with Gasteiger partial charge in [0.05, 0.1) is 10.6 Å². The monoisotopic (exact) mass is 491 g/mol. The van der Waals surface area contributed by atoms with Crippen LogP contribution in [0.1, 0.15) is 45.7 Å². The molecule has 1 atom stereocenters. The quantitative estimate of drug-likeness (QED) is 0.550. The molecule has 33 heavy (non-hydrogen) atoms. The van der Waals surface area contributed by atoms with Crippen molar-refractivity contribution in [3.63, 3.8) is 0 Å². The summed E-state index contributed by atoms with van der Waals surface area (Å²) in [6.07, 6.45) is -0.137. The molecule has 0 saturated carbocycles. The second-order valence-electron chi connectivity index (χ2n) is 8.99. The normalized spacial score (nSPS) is 16.2. The maximum atomic E-state index is 13.1. The Bertz CT molecular complexity index is 1160. The van der Waals surface area contributed by atoms with Gasteiger partial charge in [-0.1, -0.05) is 44.5 Å². The van der Waals surface area contributed by atoms with Crippen molar-refractivity contribution >= 4 is 39.1 Å². The Morgan fingerprint density at radius 2 is 1.85 bits per heavy atom. The van der Waals surface area contributed by atoms with Gasteiger partial charge in [0.1, 0.15) is 6.17 Å². The molecular weight excluding hydrogens is 462 g/mol. The number of halogens is 1. The van der Waals surface area contributed by atoms with Gasteiger partial charge in [0.15, 0.2) is 5.84 Å². The molecule has 0 aliphatic carbocycles. The van der Waals surface area contributed by atoms with Crippen molar-refractivity contribution in [1.29, 1.82) is 0 Å². The van der Waals surface area contributed by atoms with Crippen LogP contribution in [0.15, 0.2) is 52.5 Å². The van der Waals surface area contributed by atoms with E-state index in [2.05, 4.69) is 41.3 Å². The molecule has 8 nitrogen and oxygen atoms in total. The molecule has 1 heterocycles. The maximum absolute atomic E-state index is 13.1. The molecule has 1 aliphatic heterocycles. The number of nitrogens with zero attached hydrogens (tertiary/aromatic N) is 2. The van der Waals surface area contributed by atoms with E-state index in [1.54, 1.807) is 30.3 Å². The number of nitrogens with one attached hydrogen (secondary N) is 3. The smallest absolute Gasteiger partial charge is 0.261 e.